The van der Waals surface area contributed by atoms with Crippen molar-refractivity contribution in [1.82, 2.24) is 25.5 Å². The summed E-state index contributed by atoms with van der Waals surface area (Å²) in [5.74, 6) is 1.65. The maximum absolute atomic E-state index is 13.6. The minimum Gasteiger partial charge on any atom is -0.382 e. The molecule has 1 aliphatic heterocycles. The molecule has 3 heterocycles. The van der Waals surface area contributed by atoms with Gasteiger partial charge < -0.3 is 31.2 Å². The van der Waals surface area contributed by atoms with E-state index < -0.39 is 0 Å². The Morgan fingerprint density at radius 2 is 1.79 bits per heavy atom. The lowest BCUT2D eigenvalue weighted by atomic mass is 9.05. The number of hydrogen-bond acceptors (Lipinski definition) is 8. The zero-order valence-electron chi connectivity index (χ0n) is 32.0. The Hall–Kier alpha value is -4.51. The average Bonchev–Trinajstić information content (AvgIpc) is 3.08. The smallest absolute Gasteiger partial charge is 0.253 e. The summed E-state index contributed by atoms with van der Waals surface area (Å²) < 4.78 is 0. The first kappa shape index (κ1) is 35.5. The summed E-state index contributed by atoms with van der Waals surface area (Å²) in [4.78, 5) is 52.1. The van der Waals surface area contributed by atoms with Gasteiger partial charge in [-0.3, -0.25) is 19.3 Å². The molecular formula is C42H54N8O3. The molecule has 4 saturated carbocycles. The highest BCUT2D eigenvalue weighted by Crippen LogP contribution is 3.01. The second kappa shape index (κ2) is 12.5. The number of anilines is 2. The van der Waals surface area contributed by atoms with Crippen LogP contribution in [0.5, 0.6) is 0 Å². The zero-order chi connectivity index (χ0) is 37.5. The van der Waals surface area contributed by atoms with Gasteiger partial charge in [0.2, 0.25) is 5.91 Å². The number of pyridine rings is 2. The number of carbonyl (C=O) groups excluding carboxylic acids is 2. The second-order valence-corrected chi connectivity index (χ2v) is 17.5. The lowest BCUT2D eigenvalue weighted by molar-refractivity contribution is -0.497. The maximum atomic E-state index is 13.6. The van der Waals surface area contributed by atoms with Gasteiger partial charge in [-0.05, 0) is 117 Å². The fraction of sp³-hybridized carbons (Fsp3) is 0.548. The van der Waals surface area contributed by atoms with E-state index in [1.807, 2.05) is 58.2 Å². The van der Waals surface area contributed by atoms with Gasteiger partial charge >= 0.3 is 0 Å². The van der Waals surface area contributed by atoms with Crippen molar-refractivity contribution in [3.8, 4) is 11.1 Å². The van der Waals surface area contributed by atoms with E-state index in [0.29, 0.717) is 51.1 Å². The van der Waals surface area contributed by atoms with Crippen LogP contribution in [-0.4, -0.2) is 78.2 Å². The molecule has 3 aromatic rings. The molecule has 5 N–H and O–H groups in total. The van der Waals surface area contributed by atoms with Gasteiger partial charge in [0, 0.05) is 92.3 Å². The number of amides is 2. The number of nitrogens with zero attached hydrogens (tertiary/aromatic N) is 3. The number of carbonyl (C=O) groups is 2. The fourth-order valence-electron chi connectivity index (χ4n) is 12.5. The number of nitrogens with one attached hydrogen (secondary N) is 5. The molecule has 280 valence electrons. The van der Waals surface area contributed by atoms with E-state index in [1.54, 1.807) is 6.07 Å². The Balaban J connectivity index is 0.889. The van der Waals surface area contributed by atoms with Crippen molar-refractivity contribution in [3.05, 3.63) is 74.8 Å². The quantitative estimate of drug-likeness (QED) is 0.161. The number of aromatic amines is 1. The van der Waals surface area contributed by atoms with Gasteiger partial charge in [-0.25, -0.2) is 4.98 Å². The number of aromatic nitrogens is 2. The van der Waals surface area contributed by atoms with Gasteiger partial charge in [-0.1, -0.05) is 13.8 Å². The van der Waals surface area contributed by atoms with Crippen LogP contribution in [0.2, 0.25) is 0 Å². The standard InChI is InChI=1S/C42H54N8O3/c1-25(2)47-34-17-29(16-31(32(34)20-43)36(51)46-22-33-26(3)15-27(4)48-37(33)52)28-7-8-35(45-21-28)50-13-11-49(12-14-50)10-9-44-38(53)41-19-30-18-39(5)23-40(6,24-41)42(30,39)41/h7-8,15-17,20-21,25,30,43,47H,9-14,18-19,22-24H2,1-6H3,(H,44,53)(H,46,51)(H,48,52). The van der Waals surface area contributed by atoms with E-state index in [4.69, 9.17) is 10.4 Å². The highest BCUT2D eigenvalue weighted by atomic mass is 16.2. The predicted molar refractivity (Wildman–Crippen MR) is 209 cm³/mol. The van der Waals surface area contributed by atoms with Gasteiger partial charge in [0.25, 0.3) is 11.5 Å². The molecule has 1 aromatic carbocycles. The summed E-state index contributed by atoms with van der Waals surface area (Å²) in [5, 5.41) is 17.9. The van der Waals surface area contributed by atoms with E-state index in [9.17, 15) is 14.4 Å². The molecule has 1 saturated heterocycles. The molecule has 5 fully saturated rings. The van der Waals surface area contributed by atoms with E-state index in [2.05, 4.69) is 44.6 Å². The van der Waals surface area contributed by atoms with Crippen LogP contribution in [0.25, 0.3) is 11.1 Å². The molecule has 5 aliphatic rings. The second-order valence-electron chi connectivity index (χ2n) is 17.5. The normalized spacial score (nSPS) is 29.4. The largest absolute Gasteiger partial charge is 0.382 e. The zero-order valence-corrected chi connectivity index (χ0v) is 32.0. The fourth-order valence-corrected chi connectivity index (χ4v) is 12.5. The van der Waals surface area contributed by atoms with Crippen LogP contribution >= 0.6 is 0 Å². The maximum Gasteiger partial charge on any atom is 0.253 e. The average molecular weight is 719 g/mol. The highest BCUT2D eigenvalue weighted by molar-refractivity contribution is 6.06. The minimum absolute atomic E-state index is 0.0772. The lowest BCUT2D eigenvalue weighted by Gasteiger charge is -2.98. The van der Waals surface area contributed by atoms with Crippen LogP contribution in [0.4, 0.5) is 11.5 Å². The van der Waals surface area contributed by atoms with Crippen molar-refractivity contribution in [2.75, 3.05) is 49.5 Å². The van der Waals surface area contributed by atoms with E-state index in [0.717, 1.165) is 79.7 Å². The molecule has 2 amide bonds. The van der Waals surface area contributed by atoms with E-state index >= 15 is 0 Å². The molecule has 2 aromatic heterocycles. The molecule has 53 heavy (non-hydrogen) atoms. The van der Waals surface area contributed by atoms with Gasteiger partial charge in [-0.2, -0.15) is 0 Å². The predicted octanol–water partition coefficient (Wildman–Crippen LogP) is 5.26. The van der Waals surface area contributed by atoms with Crippen LogP contribution in [0.1, 0.15) is 86.1 Å². The van der Waals surface area contributed by atoms with Gasteiger partial charge in [0.15, 0.2) is 0 Å². The molecule has 5 unspecified atom stereocenters. The van der Waals surface area contributed by atoms with Crippen LogP contribution in [-0.2, 0) is 11.3 Å². The van der Waals surface area contributed by atoms with Crippen molar-refractivity contribution in [1.29, 1.82) is 5.41 Å². The molecule has 4 aliphatic carbocycles. The van der Waals surface area contributed by atoms with Crippen LogP contribution in [0, 0.1) is 46.8 Å². The summed E-state index contributed by atoms with van der Waals surface area (Å²) >= 11 is 0. The van der Waals surface area contributed by atoms with Crippen LogP contribution in [0.15, 0.2) is 41.3 Å². The third-order valence-corrected chi connectivity index (χ3v) is 13.9. The molecule has 11 heteroatoms. The first-order valence-electron chi connectivity index (χ1n) is 19.4. The first-order chi connectivity index (χ1) is 25.2. The minimum atomic E-state index is -0.361. The van der Waals surface area contributed by atoms with Crippen LogP contribution < -0.4 is 26.4 Å². The number of rotatable bonds is 12. The third kappa shape index (κ3) is 5.20. The summed E-state index contributed by atoms with van der Waals surface area (Å²) in [7, 11) is 0. The molecule has 0 bridgehead atoms. The topological polar surface area (TPSA) is 146 Å². The number of piperazine rings is 1. The van der Waals surface area contributed by atoms with Gasteiger partial charge in [-0.15, -0.1) is 0 Å². The molecule has 8 rings (SSSR count). The van der Waals surface area contributed by atoms with E-state index in [1.165, 1.54) is 19.1 Å². The Morgan fingerprint density at radius 1 is 1.02 bits per heavy atom. The van der Waals surface area contributed by atoms with E-state index in [-0.39, 0.29) is 29.5 Å². The molecular weight excluding hydrogens is 665 g/mol. The van der Waals surface area contributed by atoms with Gasteiger partial charge in [0.1, 0.15) is 5.82 Å². The molecule has 1 spiro atoms. The Kier molecular flexibility index (Phi) is 8.40. The Labute approximate surface area is 312 Å². The molecule has 0 radical (unpaired) electrons. The number of H-pyrrole nitrogens is 1. The summed E-state index contributed by atoms with van der Waals surface area (Å²) in [6.07, 6.45) is 7.87. The SMILES string of the molecule is Cc1cc(C)c(CNC(=O)c2cc(-c3ccc(N4CCN(CCNC(=O)C56CC7CC8(C)CC(C)(C5)C786)CC4)nc3)cc(NC(C)C)c2C=N)c(=O)[nH]1. The lowest BCUT2D eigenvalue weighted by Crippen LogP contribution is -2.95. The van der Waals surface area contributed by atoms with Crippen molar-refractivity contribution in [2.45, 2.75) is 79.8 Å². The third-order valence-electron chi connectivity index (χ3n) is 13.9. The van der Waals surface area contributed by atoms with Crippen molar-refractivity contribution < 1.29 is 9.59 Å². The van der Waals surface area contributed by atoms with Crippen LogP contribution in [0.3, 0.4) is 0 Å². The highest BCUT2D eigenvalue weighted by Gasteiger charge is 2.97. The van der Waals surface area contributed by atoms with Gasteiger partial charge in [0.05, 0.1) is 11.0 Å². The molecule has 5 atom stereocenters. The number of aryl methyl sites for hydroxylation is 2. The van der Waals surface area contributed by atoms with Crippen molar-refractivity contribution in [3.63, 3.8) is 0 Å². The number of hydrogen-bond donors (Lipinski definition) is 5. The first-order valence-corrected chi connectivity index (χ1v) is 19.4. The Morgan fingerprint density at radius 3 is 2.42 bits per heavy atom. The molecule has 11 nitrogen and oxygen atoms in total. The number of benzene rings is 1. The van der Waals surface area contributed by atoms with Crippen molar-refractivity contribution >= 4 is 29.5 Å². The summed E-state index contributed by atoms with van der Waals surface area (Å²) in [6, 6.07) is 9.79. The Bertz CT molecular complexity index is 2040. The van der Waals surface area contributed by atoms with Crippen molar-refractivity contribution in [2.24, 2.45) is 27.6 Å². The monoisotopic (exact) mass is 718 g/mol. The summed E-state index contributed by atoms with van der Waals surface area (Å²) in [5.41, 5.74) is 6.10. The summed E-state index contributed by atoms with van der Waals surface area (Å²) in [6.45, 7) is 17.8.